The molecule has 16 heteroatoms. The van der Waals surface area contributed by atoms with E-state index in [1.54, 1.807) is 6.92 Å². The van der Waals surface area contributed by atoms with Gasteiger partial charge in [0, 0.05) is 57.3 Å². The van der Waals surface area contributed by atoms with Crippen molar-refractivity contribution in [3.63, 3.8) is 0 Å². The smallest absolute Gasteiger partial charge is 0.314 e. The first-order chi connectivity index (χ1) is 27.2. The fraction of sp³-hybridized carbons (Fsp3) is 0.500. The number of amides is 4. The number of nitrogens with one attached hydrogen (secondary N) is 5. The van der Waals surface area contributed by atoms with Gasteiger partial charge in [-0.3, -0.25) is 19.1 Å². The lowest BCUT2D eigenvalue weighted by atomic mass is 9.91. The molecule has 3 heterocycles. The molecule has 4 amide bonds. The van der Waals surface area contributed by atoms with Gasteiger partial charge in [0.2, 0.25) is 5.82 Å². The van der Waals surface area contributed by atoms with Crippen molar-refractivity contribution in [2.75, 3.05) is 44.6 Å². The van der Waals surface area contributed by atoms with E-state index in [2.05, 4.69) is 60.3 Å². The van der Waals surface area contributed by atoms with Crippen LogP contribution < -0.4 is 26.6 Å². The van der Waals surface area contributed by atoms with E-state index in [0.29, 0.717) is 31.7 Å². The summed E-state index contributed by atoms with van der Waals surface area (Å²) in [7, 11) is 0. The first kappa shape index (κ1) is 40.5. The van der Waals surface area contributed by atoms with Crippen molar-refractivity contribution >= 4 is 34.8 Å². The van der Waals surface area contributed by atoms with Crippen LogP contribution in [0.3, 0.4) is 0 Å². The van der Waals surface area contributed by atoms with Gasteiger partial charge in [0.05, 0.1) is 6.33 Å². The van der Waals surface area contributed by atoms with Gasteiger partial charge in [-0.25, -0.2) is 19.7 Å². The quantitative estimate of drug-likeness (QED) is 0.0777. The third-order valence-electron chi connectivity index (χ3n) is 10.4. The lowest BCUT2D eigenvalue weighted by Gasteiger charge is -2.32. The van der Waals surface area contributed by atoms with Crippen molar-refractivity contribution in [1.29, 1.82) is 0 Å². The number of rotatable bonds is 17. The summed E-state index contributed by atoms with van der Waals surface area (Å²) in [5.74, 6) is -1.21. The Morgan fingerprint density at radius 2 is 1.52 bits per heavy atom. The second kappa shape index (κ2) is 19.1. The van der Waals surface area contributed by atoms with Gasteiger partial charge < -0.3 is 41.5 Å². The Hall–Kier alpha value is -5.16. The molecule has 0 bridgehead atoms. The normalized spacial score (nSPS) is 19.9. The molecule has 7 N–H and O–H groups in total. The molecule has 2 aromatic carbocycles. The SMILES string of the molecule is CCNC(=O)[C@H]1O[C@@H](n2cnc3c(NCC(c4ccccc4)c4ccccc4)nc(C(=O)NCCNC(=O)NCCN(C(C)C)C4CCCC4)nc32)[C@H](O)[C@@H]1O. The van der Waals surface area contributed by atoms with Gasteiger partial charge in [-0.05, 0) is 44.7 Å². The number of carbonyl (C=O) groups is 3. The van der Waals surface area contributed by atoms with Crippen LogP contribution in [0.4, 0.5) is 10.6 Å². The minimum Gasteiger partial charge on any atom is -0.387 e. The van der Waals surface area contributed by atoms with Gasteiger partial charge in [-0.2, -0.15) is 0 Å². The molecule has 2 aliphatic rings. The minimum atomic E-state index is -1.52. The van der Waals surface area contributed by atoms with Crippen molar-refractivity contribution in [3.8, 4) is 0 Å². The van der Waals surface area contributed by atoms with E-state index >= 15 is 0 Å². The number of urea groups is 1. The van der Waals surface area contributed by atoms with Crippen LogP contribution in [-0.2, 0) is 9.53 Å². The van der Waals surface area contributed by atoms with Crippen molar-refractivity contribution in [3.05, 3.63) is 83.9 Å². The zero-order chi connectivity index (χ0) is 39.6. The lowest BCUT2D eigenvalue weighted by molar-refractivity contribution is -0.137. The number of aromatic nitrogens is 4. The fourth-order valence-electron chi connectivity index (χ4n) is 7.60. The number of fused-ring (bicyclic) bond motifs is 1. The van der Waals surface area contributed by atoms with Gasteiger partial charge in [0.25, 0.3) is 11.8 Å². The highest BCUT2D eigenvalue weighted by atomic mass is 16.6. The van der Waals surface area contributed by atoms with Gasteiger partial charge in [0.1, 0.15) is 12.2 Å². The number of hydrogen-bond acceptors (Lipinski definition) is 11. The highest BCUT2D eigenvalue weighted by molar-refractivity contribution is 5.94. The van der Waals surface area contributed by atoms with Crippen LogP contribution in [0.5, 0.6) is 0 Å². The van der Waals surface area contributed by atoms with E-state index in [-0.39, 0.29) is 47.8 Å². The van der Waals surface area contributed by atoms with Crippen LogP contribution in [0.25, 0.3) is 11.2 Å². The number of carbonyl (C=O) groups excluding carboxylic acids is 3. The molecule has 1 aliphatic heterocycles. The monoisotopic (exact) mass is 770 g/mol. The number of hydrogen-bond donors (Lipinski definition) is 7. The minimum absolute atomic E-state index is 0.0943. The molecule has 4 aromatic rings. The summed E-state index contributed by atoms with van der Waals surface area (Å²) in [5.41, 5.74) is 2.56. The van der Waals surface area contributed by atoms with E-state index in [1.165, 1.54) is 36.6 Å². The molecule has 300 valence electrons. The standard InChI is InChI=1S/C40H54N10O6/c1-4-41-37(53)33-31(51)32(52)39(56-33)50-24-46-30-34(45-23-29(26-13-7-5-8-14-26)27-15-9-6-10-16-27)47-35(48-36(30)50)38(54)42-19-20-43-40(55)44-21-22-49(25(2)3)28-17-11-12-18-28/h5-10,13-16,24-25,28-29,31-33,39,51-52H,4,11-12,17-23H2,1-3H3,(H,41,53)(H,42,54)(H2,43,44,55)(H,45,47,48)/t31-,32+,33-,39+/m0/s1. The Labute approximate surface area is 326 Å². The van der Waals surface area contributed by atoms with Crippen molar-refractivity contribution in [1.82, 2.24) is 45.7 Å². The summed E-state index contributed by atoms with van der Waals surface area (Å²) >= 11 is 0. The predicted molar refractivity (Wildman–Crippen MR) is 211 cm³/mol. The van der Waals surface area contributed by atoms with Crippen LogP contribution in [0, 0.1) is 0 Å². The Kier molecular flexibility index (Phi) is 13.8. The van der Waals surface area contributed by atoms with E-state index in [9.17, 15) is 24.6 Å². The van der Waals surface area contributed by atoms with Gasteiger partial charge in [-0.15, -0.1) is 0 Å². The summed E-state index contributed by atoms with van der Waals surface area (Å²) < 4.78 is 7.25. The maximum absolute atomic E-state index is 13.6. The largest absolute Gasteiger partial charge is 0.387 e. The third kappa shape index (κ3) is 9.61. The molecule has 16 nitrogen and oxygen atoms in total. The van der Waals surface area contributed by atoms with Crippen LogP contribution in [0.15, 0.2) is 67.0 Å². The van der Waals surface area contributed by atoms with E-state index < -0.39 is 36.4 Å². The first-order valence-electron chi connectivity index (χ1n) is 19.6. The molecule has 0 radical (unpaired) electrons. The first-order valence-corrected chi connectivity index (χ1v) is 19.6. The van der Waals surface area contributed by atoms with Crippen molar-refractivity contribution in [2.45, 2.75) is 89.0 Å². The molecule has 1 aliphatic carbocycles. The molecule has 1 saturated carbocycles. The number of aliphatic hydroxyl groups excluding tert-OH is 2. The second-order valence-corrected chi connectivity index (χ2v) is 14.5. The summed E-state index contributed by atoms with van der Waals surface area (Å²) in [6.45, 7) is 8.34. The second-order valence-electron chi connectivity index (χ2n) is 14.5. The van der Waals surface area contributed by atoms with Crippen LogP contribution >= 0.6 is 0 Å². The van der Waals surface area contributed by atoms with E-state index in [4.69, 9.17) is 4.74 Å². The summed E-state index contributed by atoms with van der Waals surface area (Å²) in [6.07, 6.45) is 0.662. The van der Waals surface area contributed by atoms with Crippen molar-refractivity contribution < 1.29 is 29.3 Å². The molecule has 2 aromatic heterocycles. The summed E-state index contributed by atoms with van der Waals surface area (Å²) in [4.78, 5) is 54.9. The fourth-order valence-corrected chi connectivity index (χ4v) is 7.60. The van der Waals surface area contributed by atoms with Crippen LogP contribution in [-0.4, -0.2) is 122 Å². The zero-order valence-corrected chi connectivity index (χ0v) is 32.2. The molecule has 1 saturated heterocycles. The summed E-state index contributed by atoms with van der Waals surface area (Å²) in [6, 6.07) is 20.6. The molecular weight excluding hydrogens is 717 g/mol. The molecular formula is C40H54N10O6. The molecule has 6 rings (SSSR count). The number of anilines is 1. The number of imidazole rings is 1. The Balaban J connectivity index is 1.17. The van der Waals surface area contributed by atoms with Crippen molar-refractivity contribution in [2.24, 2.45) is 0 Å². The Morgan fingerprint density at radius 3 is 2.16 bits per heavy atom. The highest BCUT2D eigenvalue weighted by Gasteiger charge is 2.47. The summed E-state index contributed by atoms with van der Waals surface area (Å²) in [5, 5.41) is 36.2. The molecule has 2 fully saturated rings. The Bertz CT molecular complexity index is 1870. The molecule has 0 unspecified atom stereocenters. The number of nitrogens with zero attached hydrogens (tertiary/aromatic N) is 5. The number of likely N-dealkylation sites (N-methyl/N-ethyl adjacent to an activating group) is 1. The lowest BCUT2D eigenvalue weighted by Crippen LogP contribution is -2.46. The average Bonchev–Trinajstić information content (AvgIpc) is 3.96. The van der Waals surface area contributed by atoms with Crippen LogP contribution in [0.1, 0.15) is 80.3 Å². The highest BCUT2D eigenvalue weighted by Crippen LogP contribution is 2.33. The molecule has 56 heavy (non-hydrogen) atoms. The van der Waals surface area contributed by atoms with E-state index in [0.717, 1.165) is 17.7 Å². The third-order valence-corrected chi connectivity index (χ3v) is 10.4. The predicted octanol–water partition coefficient (Wildman–Crippen LogP) is 2.51. The molecule has 0 spiro atoms. The van der Waals surface area contributed by atoms with Gasteiger partial charge in [0.15, 0.2) is 29.3 Å². The zero-order valence-electron chi connectivity index (χ0n) is 32.2. The van der Waals surface area contributed by atoms with Crippen LogP contribution in [0.2, 0.25) is 0 Å². The maximum atomic E-state index is 13.6. The Morgan fingerprint density at radius 1 is 0.875 bits per heavy atom. The number of aliphatic hydroxyl groups is 2. The maximum Gasteiger partial charge on any atom is 0.314 e. The number of benzene rings is 2. The average molecular weight is 771 g/mol. The number of ether oxygens (including phenoxy) is 1. The van der Waals surface area contributed by atoms with Gasteiger partial charge >= 0.3 is 6.03 Å². The van der Waals surface area contributed by atoms with Gasteiger partial charge in [-0.1, -0.05) is 73.5 Å². The van der Waals surface area contributed by atoms with E-state index in [1.807, 2.05) is 60.7 Å². The topological polar surface area (TPSA) is 208 Å². The molecule has 4 atom stereocenters.